The number of rotatable bonds is 4. The number of carbonyl (C=O) groups is 2. The summed E-state index contributed by atoms with van der Waals surface area (Å²) >= 11 is 0. The van der Waals surface area contributed by atoms with Gasteiger partial charge in [-0.2, -0.15) is 0 Å². The van der Waals surface area contributed by atoms with Crippen LogP contribution in [-0.4, -0.2) is 23.0 Å². The zero-order valence-corrected chi connectivity index (χ0v) is 9.36. The number of benzene rings is 1. The molecule has 0 aliphatic rings. The quantitative estimate of drug-likeness (QED) is 0.811. The Morgan fingerprint density at radius 3 is 2.56 bits per heavy atom. The van der Waals surface area contributed by atoms with Gasteiger partial charge in [-0.25, -0.2) is 0 Å². The SMILES string of the molecule is Cc1ccccc1C(=O)NC(C)CC(=O)O. The van der Waals surface area contributed by atoms with E-state index in [4.69, 9.17) is 5.11 Å². The van der Waals surface area contributed by atoms with Crippen molar-refractivity contribution in [3.8, 4) is 0 Å². The Kier molecular flexibility index (Phi) is 4.05. The molecule has 1 atom stereocenters. The van der Waals surface area contributed by atoms with Crippen molar-refractivity contribution in [2.45, 2.75) is 26.3 Å². The number of hydrogen-bond donors (Lipinski definition) is 2. The highest BCUT2D eigenvalue weighted by molar-refractivity contribution is 5.95. The van der Waals surface area contributed by atoms with Crippen molar-refractivity contribution in [3.63, 3.8) is 0 Å². The first-order valence-electron chi connectivity index (χ1n) is 5.09. The number of amides is 1. The van der Waals surface area contributed by atoms with Crippen molar-refractivity contribution in [3.05, 3.63) is 35.4 Å². The second-order valence-corrected chi connectivity index (χ2v) is 3.79. The van der Waals surface area contributed by atoms with Crippen LogP contribution in [0.15, 0.2) is 24.3 Å². The maximum Gasteiger partial charge on any atom is 0.305 e. The molecule has 1 amide bonds. The predicted molar refractivity (Wildman–Crippen MR) is 60.4 cm³/mol. The molecule has 0 spiro atoms. The third-order valence-electron chi connectivity index (χ3n) is 2.25. The van der Waals surface area contributed by atoms with Gasteiger partial charge >= 0.3 is 5.97 Å². The van der Waals surface area contributed by atoms with Gasteiger partial charge in [-0.05, 0) is 25.5 Å². The lowest BCUT2D eigenvalue weighted by molar-refractivity contribution is -0.137. The van der Waals surface area contributed by atoms with Gasteiger partial charge in [0, 0.05) is 11.6 Å². The van der Waals surface area contributed by atoms with Gasteiger partial charge in [0.25, 0.3) is 5.91 Å². The van der Waals surface area contributed by atoms with Crippen LogP contribution < -0.4 is 5.32 Å². The van der Waals surface area contributed by atoms with Crippen molar-refractivity contribution >= 4 is 11.9 Å². The van der Waals surface area contributed by atoms with Crippen LogP contribution in [0.1, 0.15) is 29.3 Å². The van der Waals surface area contributed by atoms with Crippen LogP contribution in [0.25, 0.3) is 0 Å². The predicted octanol–water partition coefficient (Wildman–Crippen LogP) is 1.59. The smallest absolute Gasteiger partial charge is 0.305 e. The molecule has 1 unspecified atom stereocenters. The first-order chi connectivity index (χ1) is 7.50. The summed E-state index contributed by atoms with van der Waals surface area (Å²) in [7, 11) is 0. The lowest BCUT2D eigenvalue weighted by Gasteiger charge is -2.12. The summed E-state index contributed by atoms with van der Waals surface area (Å²) in [5.74, 6) is -1.15. The van der Waals surface area contributed by atoms with Crippen LogP contribution in [0.2, 0.25) is 0 Å². The molecule has 4 nitrogen and oxygen atoms in total. The standard InChI is InChI=1S/C12H15NO3/c1-8-5-3-4-6-10(8)12(16)13-9(2)7-11(14)15/h3-6,9H,7H2,1-2H3,(H,13,16)(H,14,15). The number of nitrogens with one attached hydrogen (secondary N) is 1. The number of carboxylic acid groups (broad SMARTS) is 1. The molecule has 0 aliphatic carbocycles. The lowest BCUT2D eigenvalue weighted by Crippen LogP contribution is -2.34. The van der Waals surface area contributed by atoms with Crippen LogP contribution >= 0.6 is 0 Å². The van der Waals surface area contributed by atoms with E-state index in [2.05, 4.69) is 5.32 Å². The normalized spacial score (nSPS) is 11.9. The van der Waals surface area contributed by atoms with Crippen LogP contribution in [0.3, 0.4) is 0 Å². The minimum absolute atomic E-state index is 0.0718. The summed E-state index contributed by atoms with van der Waals surface area (Å²) in [4.78, 5) is 22.2. The first-order valence-corrected chi connectivity index (χ1v) is 5.09. The fraction of sp³-hybridized carbons (Fsp3) is 0.333. The molecule has 86 valence electrons. The third-order valence-corrected chi connectivity index (χ3v) is 2.25. The molecule has 0 heterocycles. The number of aliphatic carboxylic acids is 1. The molecule has 0 aromatic heterocycles. The number of carboxylic acids is 1. The topological polar surface area (TPSA) is 66.4 Å². The summed E-state index contributed by atoms with van der Waals surface area (Å²) < 4.78 is 0. The summed E-state index contributed by atoms with van der Waals surface area (Å²) in [6, 6.07) is 6.83. The number of aryl methyl sites for hydroxylation is 1. The zero-order chi connectivity index (χ0) is 12.1. The number of carbonyl (C=O) groups excluding carboxylic acids is 1. The van der Waals surface area contributed by atoms with Crippen LogP contribution in [0.4, 0.5) is 0 Å². The van der Waals surface area contributed by atoms with E-state index in [9.17, 15) is 9.59 Å². The van der Waals surface area contributed by atoms with E-state index in [1.165, 1.54) is 0 Å². The Morgan fingerprint density at radius 2 is 2.00 bits per heavy atom. The van der Waals surface area contributed by atoms with Gasteiger partial charge in [-0.15, -0.1) is 0 Å². The summed E-state index contributed by atoms with van der Waals surface area (Å²) in [6.45, 7) is 3.51. The second kappa shape index (κ2) is 5.30. The Morgan fingerprint density at radius 1 is 1.38 bits per heavy atom. The van der Waals surface area contributed by atoms with Crippen LogP contribution in [-0.2, 0) is 4.79 Å². The Hall–Kier alpha value is -1.84. The highest BCUT2D eigenvalue weighted by Crippen LogP contribution is 2.07. The second-order valence-electron chi connectivity index (χ2n) is 3.79. The lowest BCUT2D eigenvalue weighted by atomic mass is 10.1. The highest BCUT2D eigenvalue weighted by Gasteiger charge is 2.13. The van der Waals surface area contributed by atoms with Gasteiger partial charge in [0.1, 0.15) is 0 Å². The molecule has 0 aliphatic heterocycles. The molecule has 0 radical (unpaired) electrons. The molecule has 4 heteroatoms. The highest BCUT2D eigenvalue weighted by atomic mass is 16.4. The van der Waals surface area contributed by atoms with Gasteiger partial charge in [0.2, 0.25) is 0 Å². The molecule has 1 rings (SSSR count). The molecule has 0 bridgehead atoms. The average Bonchev–Trinajstić information content (AvgIpc) is 2.16. The molecule has 2 N–H and O–H groups in total. The Labute approximate surface area is 94.3 Å². The van der Waals surface area contributed by atoms with Crippen molar-refractivity contribution in [1.29, 1.82) is 0 Å². The van der Waals surface area contributed by atoms with E-state index in [0.29, 0.717) is 5.56 Å². The molecular formula is C12H15NO3. The minimum atomic E-state index is -0.919. The van der Waals surface area contributed by atoms with Crippen molar-refractivity contribution in [2.24, 2.45) is 0 Å². The van der Waals surface area contributed by atoms with Gasteiger partial charge in [-0.3, -0.25) is 9.59 Å². The molecule has 1 aromatic carbocycles. The maximum absolute atomic E-state index is 11.8. The molecule has 1 aromatic rings. The first kappa shape index (κ1) is 12.2. The Balaban J connectivity index is 2.66. The van der Waals surface area contributed by atoms with E-state index in [-0.39, 0.29) is 18.4 Å². The van der Waals surface area contributed by atoms with Crippen molar-refractivity contribution < 1.29 is 14.7 Å². The third kappa shape index (κ3) is 3.38. The van der Waals surface area contributed by atoms with Gasteiger partial charge in [0.05, 0.1) is 6.42 Å². The van der Waals surface area contributed by atoms with Crippen molar-refractivity contribution in [1.82, 2.24) is 5.32 Å². The summed E-state index contributed by atoms with van der Waals surface area (Å²) in [5.41, 5.74) is 1.46. The average molecular weight is 221 g/mol. The van der Waals surface area contributed by atoms with E-state index in [1.54, 1.807) is 19.1 Å². The van der Waals surface area contributed by atoms with Gasteiger partial charge in [0.15, 0.2) is 0 Å². The largest absolute Gasteiger partial charge is 0.481 e. The summed E-state index contributed by atoms with van der Waals surface area (Å²) in [6.07, 6.45) is -0.0718. The fourth-order valence-corrected chi connectivity index (χ4v) is 1.44. The van der Waals surface area contributed by atoms with Gasteiger partial charge < -0.3 is 10.4 Å². The van der Waals surface area contributed by atoms with E-state index in [0.717, 1.165) is 5.56 Å². The molecule has 0 fully saturated rings. The zero-order valence-electron chi connectivity index (χ0n) is 9.36. The maximum atomic E-state index is 11.8. The number of hydrogen-bond acceptors (Lipinski definition) is 2. The summed E-state index contributed by atoms with van der Waals surface area (Å²) in [5, 5.41) is 11.2. The fourth-order valence-electron chi connectivity index (χ4n) is 1.44. The monoisotopic (exact) mass is 221 g/mol. The van der Waals surface area contributed by atoms with E-state index >= 15 is 0 Å². The van der Waals surface area contributed by atoms with Crippen LogP contribution in [0.5, 0.6) is 0 Å². The van der Waals surface area contributed by atoms with E-state index < -0.39 is 5.97 Å². The van der Waals surface area contributed by atoms with E-state index in [1.807, 2.05) is 19.1 Å². The van der Waals surface area contributed by atoms with Crippen LogP contribution in [0, 0.1) is 6.92 Å². The molecule has 0 saturated heterocycles. The molecular weight excluding hydrogens is 206 g/mol. The van der Waals surface area contributed by atoms with Gasteiger partial charge in [-0.1, -0.05) is 18.2 Å². The van der Waals surface area contributed by atoms with Crippen molar-refractivity contribution in [2.75, 3.05) is 0 Å². The molecule has 16 heavy (non-hydrogen) atoms. The molecule has 0 saturated carbocycles. The Bertz CT molecular complexity index is 401. The minimum Gasteiger partial charge on any atom is -0.481 e.